The smallest absolute Gasteiger partial charge is 0.0380 e. The van der Waals surface area contributed by atoms with Crippen molar-refractivity contribution in [3.63, 3.8) is 0 Å². The maximum atomic E-state index is 3.84. The lowest BCUT2D eigenvalue weighted by molar-refractivity contribution is 0.429. The Bertz CT molecular complexity index is 329. The third-order valence-electron chi connectivity index (χ3n) is 1.99. The van der Waals surface area contributed by atoms with Crippen LogP contribution in [0.25, 0.3) is 6.08 Å². The second kappa shape index (κ2) is 5.22. The zero-order valence-corrected chi connectivity index (χ0v) is 8.77. The molecule has 0 aliphatic rings. The first-order valence-electron chi connectivity index (χ1n) is 4.74. The number of rotatable bonds is 4. The van der Waals surface area contributed by atoms with Crippen LogP contribution in [0.5, 0.6) is 0 Å². The van der Waals surface area contributed by atoms with Crippen LogP contribution >= 0.6 is 0 Å². The summed E-state index contributed by atoms with van der Waals surface area (Å²) in [5, 5.41) is 5.63. The van der Waals surface area contributed by atoms with E-state index in [2.05, 4.69) is 36.9 Å². The molecule has 0 unspecified atom stereocenters. The Labute approximate surface area is 85.6 Å². The van der Waals surface area contributed by atoms with Crippen molar-refractivity contribution < 1.29 is 0 Å². The summed E-state index contributed by atoms with van der Waals surface area (Å²) in [6, 6.07) is 8.33. The van der Waals surface area contributed by atoms with Crippen molar-refractivity contribution in [1.29, 1.82) is 0 Å². The van der Waals surface area contributed by atoms with Crippen LogP contribution < -0.4 is 0 Å². The van der Waals surface area contributed by atoms with Gasteiger partial charge in [-0.25, -0.2) is 0 Å². The first-order chi connectivity index (χ1) is 6.76. The van der Waals surface area contributed by atoms with E-state index in [0.717, 1.165) is 6.54 Å². The molecule has 0 heterocycles. The fourth-order valence-corrected chi connectivity index (χ4v) is 1.20. The van der Waals surface area contributed by atoms with Gasteiger partial charge in [0.1, 0.15) is 0 Å². The Balaban J connectivity index is 2.72. The Morgan fingerprint density at radius 1 is 1.50 bits per heavy atom. The van der Waals surface area contributed by atoms with Gasteiger partial charge in [-0.1, -0.05) is 29.8 Å². The third kappa shape index (κ3) is 3.05. The van der Waals surface area contributed by atoms with Gasteiger partial charge >= 0.3 is 0 Å². The molecule has 1 aromatic carbocycles. The number of hydrogen-bond donors (Lipinski definition) is 0. The van der Waals surface area contributed by atoms with Crippen molar-refractivity contribution >= 4 is 12.8 Å². The molecule has 0 fully saturated rings. The van der Waals surface area contributed by atoms with E-state index in [-0.39, 0.29) is 0 Å². The maximum Gasteiger partial charge on any atom is 0.0380 e. The highest BCUT2D eigenvalue weighted by molar-refractivity contribution is 5.49. The van der Waals surface area contributed by atoms with E-state index in [1.165, 1.54) is 11.1 Å². The molecule has 0 bridgehead atoms. The van der Waals surface area contributed by atoms with E-state index in [1.54, 1.807) is 5.01 Å². The molecule has 0 aliphatic heterocycles. The summed E-state index contributed by atoms with van der Waals surface area (Å²) in [6.45, 7) is 8.45. The van der Waals surface area contributed by atoms with Crippen molar-refractivity contribution in [3.8, 4) is 0 Å². The number of hydrogen-bond acceptors (Lipinski definition) is 2. The summed E-state index contributed by atoms with van der Waals surface area (Å²) in [5.74, 6) is 0. The van der Waals surface area contributed by atoms with Gasteiger partial charge in [-0.3, -0.25) is 5.01 Å². The van der Waals surface area contributed by atoms with Crippen molar-refractivity contribution in [2.24, 2.45) is 5.10 Å². The van der Waals surface area contributed by atoms with Gasteiger partial charge in [0, 0.05) is 19.5 Å². The fourth-order valence-electron chi connectivity index (χ4n) is 1.20. The van der Waals surface area contributed by atoms with Gasteiger partial charge in [0.25, 0.3) is 0 Å². The van der Waals surface area contributed by atoms with Crippen LogP contribution in [0.15, 0.2) is 35.6 Å². The molecule has 0 radical (unpaired) electrons. The van der Waals surface area contributed by atoms with Crippen LogP contribution in [0, 0.1) is 6.92 Å². The van der Waals surface area contributed by atoms with E-state index in [4.69, 9.17) is 0 Å². The molecule has 0 N–H and O–H groups in total. The predicted molar refractivity (Wildman–Crippen MR) is 62.1 cm³/mol. The molecule has 0 aromatic heterocycles. The van der Waals surface area contributed by atoms with Crippen LogP contribution in [-0.2, 0) is 0 Å². The second-order valence-corrected chi connectivity index (χ2v) is 3.13. The SMILES string of the molecule is C=NN(/C=C\c1cccc(C)c1)CC. The molecule has 1 aromatic rings. The number of nitrogens with zero attached hydrogens (tertiary/aromatic N) is 2. The van der Waals surface area contributed by atoms with E-state index in [0.29, 0.717) is 0 Å². The monoisotopic (exact) mass is 188 g/mol. The van der Waals surface area contributed by atoms with Gasteiger partial charge in [0.15, 0.2) is 0 Å². The Hall–Kier alpha value is -1.57. The highest BCUT2D eigenvalue weighted by atomic mass is 15.4. The van der Waals surface area contributed by atoms with Crippen LogP contribution in [0.1, 0.15) is 18.1 Å². The van der Waals surface area contributed by atoms with E-state index >= 15 is 0 Å². The van der Waals surface area contributed by atoms with Crippen molar-refractivity contribution in [2.45, 2.75) is 13.8 Å². The van der Waals surface area contributed by atoms with Gasteiger partial charge in [-0.15, -0.1) is 0 Å². The van der Waals surface area contributed by atoms with Crippen LogP contribution in [-0.4, -0.2) is 18.3 Å². The van der Waals surface area contributed by atoms with Crippen molar-refractivity contribution in [3.05, 3.63) is 41.6 Å². The molecule has 1 rings (SSSR count). The molecule has 0 saturated heterocycles. The van der Waals surface area contributed by atoms with E-state index in [1.807, 2.05) is 25.3 Å². The normalized spacial score (nSPS) is 10.4. The molecule has 14 heavy (non-hydrogen) atoms. The molecular formula is C12H16N2. The zero-order valence-electron chi connectivity index (χ0n) is 8.77. The summed E-state index contributed by atoms with van der Waals surface area (Å²) < 4.78 is 0. The molecule has 0 amide bonds. The van der Waals surface area contributed by atoms with Gasteiger partial charge < -0.3 is 0 Å². The lowest BCUT2D eigenvalue weighted by Crippen LogP contribution is -2.06. The second-order valence-electron chi connectivity index (χ2n) is 3.13. The third-order valence-corrected chi connectivity index (χ3v) is 1.99. The predicted octanol–water partition coefficient (Wildman–Crippen LogP) is 2.90. The first-order valence-corrected chi connectivity index (χ1v) is 4.74. The Kier molecular flexibility index (Phi) is 3.92. The molecule has 74 valence electrons. The summed E-state index contributed by atoms with van der Waals surface area (Å²) in [4.78, 5) is 0. The van der Waals surface area contributed by atoms with E-state index in [9.17, 15) is 0 Å². The quantitative estimate of drug-likeness (QED) is 0.524. The van der Waals surface area contributed by atoms with E-state index < -0.39 is 0 Å². The fraction of sp³-hybridized carbons (Fsp3) is 0.250. The zero-order chi connectivity index (χ0) is 10.4. The molecule has 2 heteroatoms. The van der Waals surface area contributed by atoms with Gasteiger partial charge in [-0.2, -0.15) is 5.10 Å². The average Bonchev–Trinajstić information content (AvgIpc) is 2.19. The highest BCUT2D eigenvalue weighted by Crippen LogP contribution is 2.06. The Morgan fingerprint density at radius 3 is 2.86 bits per heavy atom. The topological polar surface area (TPSA) is 15.6 Å². The molecule has 0 atom stereocenters. The summed E-state index contributed by atoms with van der Waals surface area (Å²) in [5.41, 5.74) is 2.45. The van der Waals surface area contributed by atoms with Gasteiger partial charge in [0.2, 0.25) is 0 Å². The Morgan fingerprint density at radius 2 is 2.29 bits per heavy atom. The maximum absolute atomic E-state index is 3.84. The lowest BCUT2D eigenvalue weighted by atomic mass is 10.1. The van der Waals surface area contributed by atoms with Crippen LogP contribution in [0.4, 0.5) is 0 Å². The summed E-state index contributed by atoms with van der Waals surface area (Å²) in [7, 11) is 0. The van der Waals surface area contributed by atoms with Gasteiger partial charge in [0.05, 0.1) is 0 Å². The summed E-state index contributed by atoms with van der Waals surface area (Å²) in [6.07, 6.45) is 3.97. The average molecular weight is 188 g/mol. The summed E-state index contributed by atoms with van der Waals surface area (Å²) >= 11 is 0. The largest absolute Gasteiger partial charge is 0.274 e. The lowest BCUT2D eigenvalue weighted by Gasteiger charge is -2.08. The minimum atomic E-state index is 0.839. The number of aryl methyl sites for hydroxylation is 1. The molecular weight excluding hydrogens is 172 g/mol. The molecule has 2 nitrogen and oxygen atoms in total. The van der Waals surface area contributed by atoms with Crippen molar-refractivity contribution in [1.82, 2.24) is 5.01 Å². The van der Waals surface area contributed by atoms with Crippen LogP contribution in [0.2, 0.25) is 0 Å². The molecule has 0 saturated carbocycles. The molecule has 0 spiro atoms. The first kappa shape index (κ1) is 10.5. The van der Waals surface area contributed by atoms with Gasteiger partial charge in [-0.05, 0) is 25.5 Å². The van der Waals surface area contributed by atoms with Crippen LogP contribution in [0.3, 0.4) is 0 Å². The number of hydrazone groups is 1. The minimum absolute atomic E-state index is 0.839. The minimum Gasteiger partial charge on any atom is -0.274 e. The standard InChI is InChI=1S/C12H16N2/c1-4-14(13-3)9-8-12-7-5-6-11(2)10-12/h5-10H,3-4H2,1-2H3/b9-8-. The highest BCUT2D eigenvalue weighted by Gasteiger charge is 1.90. The number of benzene rings is 1. The molecule has 0 aliphatic carbocycles. The van der Waals surface area contributed by atoms with Crippen molar-refractivity contribution in [2.75, 3.05) is 6.54 Å².